The third-order valence-corrected chi connectivity index (χ3v) is 7.87. The van der Waals surface area contributed by atoms with Crippen molar-refractivity contribution in [2.24, 2.45) is 0 Å². The largest absolute Gasteiger partial charge is 0.379 e. The number of aromatic nitrogens is 3. The van der Waals surface area contributed by atoms with Gasteiger partial charge in [0.2, 0.25) is 5.95 Å². The van der Waals surface area contributed by atoms with Gasteiger partial charge >= 0.3 is 0 Å². The molecule has 0 unspecified atom stereocenters. The molecule has 0 bridgehead atoms. The molecule has 0 atom stereocenters. The Labute approximate surface area is 196 Å². The fourth-order valence-electron chi connectivity index (χ4n) is 4.99. The van der Waals surface area contributed by atoms with Gasteiger partial charge in [0.1, 0.15) is 5.82 Å². The second-order valence-electron chi connectivity index (χ2n) is 8.76. The Hall–Kier alpha value is -3.06. The van der Waals surface area contributed by atoms with Crippen LogP contribution in [0.15, 0.2) is 59.6 Å². The first-order chi connectivity index (χ1) is 16.2. The van der Waals surface area contributed by atoms with Gasteiger partial charge < -0.3 is 15.2 Å². The van der Waals surface area contributed by atoms with E-state index in [4.69, 9.17) is 9.97 Å². The van der Waals surface area contributed by atoms with Crippen molar-refractivity contribution in [3.63, 3.8) is 0 Å². The third kappa shape index (κ3) is 4.06. The molecule has 1 fully saturated rings. The standard InChI is InChI=1S/C26H26FN5S/c27-18-4-3-5-19(14-18)28-16-24-25-23(10-13-33-25)30-26(31-24)32-11-8-17(9-12-32)21-15-29-22-7-2-1-6-20(21)22/h1-7,14-15,17,28-29H,8-13,16H2. The van der Waals surface area contributed by atoms with Crippen molar-refractivity contribution in [2.75, 3.05) is 29.1 Å². The molecule has 0 amide bonds. The molecule has 2 N–H and O–H groups in total. The average Bonchev–Trinajstić information content (AvgIpc) is 3.50. The zero-order chi connectivity index (χ0) is 22.2. The normalized spacial score (nSPS) is 16.3. The number of H-pyrrole nitrogens is 1. The molecule has 2 aromatic carbocycles. The maximum Gasteiger partial charge on any atom is 0.225 e. The van der Waals surface area contributed by atoms with E-state index in [1.807, 2.05) is 17.8 Å². The number of halogens is 1. The fraction of sp³-hybridized carbons (Fsp3) is 0.308. The van der Waals surface area contributed by atoms with Crippen molar-refractivity contribution < 1.29 is 4.39 Å². The van der Waals surface area contributed by atoms with Crippen LogP contribution in [0.4, 0.5) is 16.0 Å². The number of para-hydroxylation sites is 1. The Kier molecular flexibility index (Phi) is 5.42. The molecule has 0 saturated carbocycles. The number of piperidine rings is 1. The number of anilines is 2. The Morgan fingerprint density at radius 3 is 2.85 bits per heavy atom. The van der Waals surface area contributed by atoms with Crippen LogP contribution in [0, 0.1) is 5.82 Å². The molecule has 2 aliphatic heterocycles. The van der Waals surface area contributed by atoms with Gasteiger partial charge in [-0.15, -0.1) is 11.8 Å². The van der Waals surface area contributed by atoms with Crippen LogP contribution in [0.5, 0.6) is 0 Å². The number of aryl methyl sites for hydroxylation is 1. The molecule has 4 aromatic rings. The molecule has 6 rings (SSSR count). The summed E-state index contributed by atoms with van der Waals surface area (Å²) < 4.78 is 13.6. The average molecular weight is 460 g/mol. The molecule has 2 aliphatic rings. The minimum Gasteiger partial charge on any atom is -0.379 e. The van der Waals surface area contributed by atoms with Crippen LogP contribution in [-0.2, 0) is 13.0 Å². The van der Waals surface area contributed by atoms with E-state index in [1.165, 1.54) is 33.5 Å². The van der Waals surface area contributed by atoms with Crippen LogP contribution in [0.3, 0.4) is 0 Å². The van der Waals surface area contributed by atoms with Crippen LogP contribution in [0.1, 0.15) is 35.7 Å². The lowest BCUT2D eigenvalue weighted by atomic mass is 9.89. The summed E-state index contributed by atoms with van der Waals surface area (Å²) in [5.74, 6) is 2.20. The molecule has 0 aliphatic carbocycles. The number of nitrogens with one attached hydrogen (secondary N) is 2. The van der Waals surface area contributed by atoms with Crippen molar-refractivity contribution in [3.05, 3.63) is 77.5 Å². The fourth-order valence-corrected chi connectivity index (χ4v) is 6.09. The van der Waals surface area contributed by atoms with Crippen LogP contribution in [0.25, 0.3) is 10.9 Å². The second kappa shape index (κ2) is 8.71. The molecule has 4 heterocycles. The zero-order valence-electron chi connectivity index (χ0n) is 18.4. The molecule has 5 nitrogen and oxygen atoms in total. The van der Waals surface area contributed by atoms with Gasteiger partial charge in [-0.1, -0.05) is 24.3 Å². The molecule has 0 radical (unpaired) electrons. The number of thioether (sulfide) groups is 1. The summed E-state index contributed by atoms with van der Waals surface area (Å²) in [5.41, 5.74) is 5.58. The van der Waals surface area contributed by atoms with Gasteiger partial charge in [0.15, 0.2) is 0 Å². The van der Waals surface area contributed by atoms with Crippen molar-refractivity contribution in [2.45, 2.75) is 36.6 Å². The van der Waals surface area contributed by atoms with E-state index in [0.717, 1.165) is 61.1 Å². The van der Waals surface area contributed by atoms with E-state index >= 15 is 0 Å². The molecule has 1 saturated heterocycles. The maximum absolute atomic E-state index is 13.6. The van der Waals surface area contributed by atoms with Crippen LogP contribution in [-0.4, -0.2) is 33.8 Å². The predicted molar refractivity (Wildman–Crippen MR) is 133 cm³/mol. The van der Waals surface area contributed by atoms with Gasteiger partial charge in [0.25, 0.3) is 0 Å². The van der Waals surface area contributed by atoms with Gasteiger partial charge in [-0.25, -0.2) is 14.4 Å². The van der Waals surface area contributed by atoms with Gasteiger partial charge in [-0.2, -0.15) is 0 Å². The second-order valence-corrected chi connectivity index (χ2v) is 9.86. The highest BCUT2D eigenvalue weighted by molar-refractivity contribution is 7.99. The van der Waals surface area contributed by atoms with E-state index in [1.54, 1.807) is 6.07 Å². The number of hydrogen-bond acceptors (Lipinski definition) is 5. The maximum atomic E-state index is 13.6. The number of benzene rings is 2. The van der Waals surface area contributed by atoms with E-state index in [-0.39, 0.29) is 5.82 Å². The first-order valence-electron chi connectivity index (χ1n) is 11.6. The van der Waals surface area contributed by atoms with Gasteiger partial charge in [0, 0.05) is 48.1 Å². The lowest BCUT2D eigenvalue weighted by Gasteiger charge is -2.32. The number of aromatic amines is 1. The number of fused-ring (bicyclic) bond motifs is 2. The van der Waals surface area contributed by atoms with Crippen molar-refractivity contribution in [1.82, 2.24) is 15.0 Å². The summed E-state index contributed by atoms with van der Waals surface area (Å²) in [6, 6.07) is 15.1. The zero-order valence-corrected chi connectivity index (χ0v) is 19.2. The molecule has 33 heavy (non-hydrogen) atoms. The Morgan fingerprint density at radius 2 is 1.97 bits per heavy atom. The smallest absolute Gasteiger partial charge is 0.225 e. The Bertz CT molecular complexity index is 1300. The summed E-state index contributed by atoms with van der Waals surface area (Å²) in [5, 5.41) is 4.68. The van der Waals surface area contributed by atoms with E-state index in [2.05, 4.69) is 45.7 Å². The minimum absolute atomic E-state index is 0.235. The molecule has 168 valence electrons. The summed E-state index contributed by atoms with van der Waals surface area (Å²) in [6.45, 7) is 2.47. The predicted octanol–water partition coefficient (Wildman–Crippen LogP) is 5.74. The lowest BCUT2D eigenvalue weighted by molar-refractivity contribution is 0.500. The Morgan fingerprint density at radius 1 is 1.09 bits per heavy atom. The SMILES string of the molecule is Fc1cccc(NCc2nc(N3CCC(c4c[nH]c5ccccc45)CC3)nc3c2SCC3)c1. The molecular formula is C26H26FN5S. The number of nitrogens with zero attached hydrogens (tertiary/aromatic N) is 3. The van der Waals surface area contributed by atoms with E-state index in [9.17, 15) is 4.39 Å². The lowest BCUT2D eigenvalue weighted by Crippen LogP contribution is -2.34. The third-order valence-electron chi connectivity index (χ3n) is 6.70. The highest BCUT2D eigenvalue weighted by atomic mass is 32.2. The molecular weight excluding hydrogens is 433 g/mol. The van der Waals surface area contributed by atoms with Gasteiger partial charge in [-0.05, 0) is 48.6 Å². The summed E-state index contributed by atoms with van der Waals surface area (Å²) in [6.07, 6.45) is 5.35. The van der Waals surface area contributed by atoms with Crippen LogP contribution in [0.2, 0.25) is 0 Å². The van der Waals surface area contributed by atoms with Crippen molar-refractivity contribution in [1.29, 1.82) is 0 Å². The number of hydrogen-bond donors (Lipinski definition) is 2. The van der Waals surface area contributed by atoms with Gasteiger partial charge in [-0.3, -0.25) is 0 Å². The monoisotopic (exact) mass is 459 g/mol. The van der Waals surface area contributed by atoms with Crippen molar-refractivity contribution in [3.8, 4) is 0 Å². The topological polar surface area (TPSA) is 56.8 Å². The highest BCUT2D eigenvalue weighted by Crippen LogP contribution is 2.37. The minimum atomic E-state index is -0.235. The van der Waals surface area contributed by atoms with E-state index < -0.39 is 0 Å². The summed E-state index contributed by atoms with van der Waals surface area (Å²) >= 11 is 1.83. The first kappa shape index (κ1) is 20.5. The highest BCUT2D eigenvalue weighted by Gasteiger charge is 2.27. The molecule has 7 heteroatoms. The molecule has 0 spiro atoms. The van der Waals surface area contributed by atoms with Crippen LogP contribution >= 0.6 is 11.8 Å². The molecule has 2 aromatic heterocycles. The summed E-state index contributed by atoms with van der Waals surface area (Å²) in [4.78, 5) is 16.9. The first-order valence-corrected chi connectivity index (χ1v) is 12.6. The summed E-state index contributed by atoms with van der Waals surface area (Å²) in [7, 11) is 0. The van der Waals surface area contributed by atoms with Gasteiger partial charge in [0.05, 0.1) is 22.8 Å². The van der Waals surface area contributed by atoms with Crippen molar-refractivity contribution >= 4 is 34.3 Å². The quantitative estimate of drug-likeness (QED) is 0.399. The van der Waals surface area contributed by atoms with Crippen LogP contribution < -0.4 is 10.2 Å². The number of rotatable bonds is 5. The Balaban J connectivity index is 1.19. The van der Waals surface area contributed by atoms with E-state index in [0.29, 0.717) is 12.5 Å².